The number of carboxylic acids is 1. The van der Waals surface area contributed by atoms with E-state index in [0.29, 0.717) is 13.2 Å². The SMILES string of the molecule is CCOc1ncc(C(=O)N2CCOC(C(=O)O)C2)cc1Cl. The van der Waals surface area contributed by atoms with Crippen molar-refractivity contribution in [3.63, 3.8) is 0 Å². The topological polar surface area (TPSA) is 89.0 Å². The molecule has 0 spiro atoms. The van der Waals surface area contributed by atoms with Crippen molar-refractivity contribution in [3.8, 4) is 5.88 Å². The van der Waals surface area contributed by atoms with Gasteiger partial charge in [-0.05, 0) is 13.0 Å². The number of hydrogen-bond acceptors (Lipinski definition) is 5. The van der Waals surface area contributed by atoms with E-state index in [9.17, 15) is 9.59 Å². The van der Waals surface area contributed by atoms with Gasteiger partial charge in [0.2, 0.25) is 5.88 Å². The normalized spacial score (nSPS) is 18.4. The monoisotopic (exact) mass is 314 g/mol. The molecule has 1 N–H and O–H groups in total. The largest absolute Gasteiger partial charge is 0.479 e. The lowest BCUT2D eigenvalue weighted by Crippen LogP contribution is -2.48. The van der Waals surface area contributed by atoms with E-state index >= 15 is 0 Å². The second-order valence-corrected chi connectivity index (χ2v) is 4.80. The smallest absolute Gasteiger partial charge is 0.334 e. The van der Waals surface area contributed by atoms with Crippen LogP contribution in [0.5, 0.6) is 5.88 Å². The second-order valence-electron chi connectivity index (χ2n) is 4.39. The van der Waals surface area contributed by atoms with Crippen LogP contribution in [0.1, 0.15) is 17.3 Å². The minimum atomic E-state index is -1.09. The number of hydrogen-bond donors (Lipinski definition) is 1. The Balaban J connectivity index is 2.12. The van der Waals surface area contributed by atoms with Gasteiger partial charge in [-0.2, -0.15) is 0 Å². The Bertz CT molecular complexity index is 551. The Morgan fingerprint density at radius 2 is 2.38 bits per heavy atom. The molecule has 114 valence electrons. The number of rotatable bonds is 4. The van der Waals surface area contributed by atoms with Gasteiger partial charge in [0.05, 0.1) is 25.3 Å². The van der Waals surface area contributed by atoms with Crippen LogP contribution >= 0.6 is 11.6 Å². The number of carbonyl (C=O) groups excluding carboxylic acids is 1. The van der Waals surface area contributed by atoms with Crippen LogP contribution in [0.2, 0.25) is 5.02 Å². The van der Waals surface area contributed by atoms with Crippen LogP contribution in [0, 0.1) is 0 Å². The maximum Gasteiger partial charge on any atom is 0.334 e. The molecular formula is C13H15ClN2O5. The molecule has 1 aliphatic rings. The second kappa shape index (κ2) is 6.73. The van der Waals surface area contributed by atoms with Crippen molar-refractivity contribution in [2.75, 3.05) is 26.3 Å². The highest BCUT2D eigenvalue weighted by molar-refractivity contribution is 6.32. The van der Waals surface area contributed by atoms with Crippen molar-refractivity contribution in [1.82, 2.24) is 9.88 Å². The van der Waals surface area contributed by atoms with Crippen LogP contribution < -0.4 is 4.74 Å². The van der Waals surface area contributed by atoms with Crippen molar-refractivity contribution < 1.29 is 24.2 Å². The zero-order chi connectivity index (χ0) is 15.4. The molecule has 2 heterocycles. The Labute approximate surface area is 126 Å². The Hall–Kier alpha value is -1.86. The highest BCUT2D eigenvalue weighted by Crippen LogP contribution is 2.23. The number of morpholine rings is 1. The summed E-state index contributed by atoms with van der Waals surface area (Å²) in [4.78, 5) is 28.6. The number of carboxylic acid groups (broad SMARTS) is 1. The van der Waals surface area contributed by atoms with Crippen LogP contribution in [-0.2, 0) is 9.53 Å². The van der Waals surface area contributed by atoms with Crippen LogP contribution in [0.4, 0.5) is 0 Å². The van der Waals surface area contributed by atoms with Gasteiger partial charge in [0, 0.05) is 12.7 Å². The fourth-order valence-corrected chi connectivity index (χ4v) is 2.17. The minimum Gasteiger partial charge on any atom is -0.479 e. The molecule has 1 fully saturated rings. The van der Waals surface area contributed by atoms with E-state index in [1.165, 1.54) is 17.2 Å². The quantitative estimate of drug-likeness (QED) is 0.894. The number of carbonyl (C=O) groups is 2. The van der Waals surface area contributed by atoms with Gasteiger partial charge in [0.1, 0.15) is 5.02 Å². The van der Waals surface area contributed by atoms with Crippen LogP contribution in [-0.4, -0.2) is 59.3 Å². The zero-order valence-electron chi connectivity index (χ0n) is 11.4. The number of ether oxygens (including phenoxy) is 2. The Kier molecular flexibility index (Phi) is 4.98. The Morgan fingerprint density at radius 1 is 1.62 bits per heavy atom. The van der Waals surface area contributed by atoms with Gasteiger partial charge in [0.15, 0.2) is 6.10 Å². The summed E-state index contributed by atoms with van der Waals surface area (Å²) < 4.78 is 10.3. The maximum atomic E-state index is 12.3. The molecule has 8 heteroatoms. The molecule has 2 rings (SSSR count). The third-order valence-electron chi connectivity index (χ3n) is 2.96. The van der Waals surface area contributed by atoms with E-state index in [4.69, 9.17) is 26.2 Å². The molecule has 0 saturated carbocycles. The molecule has 0 bridgehead atoms. The summed E-state index contributed by atoms with van der Waals surface area (Å²) >= 11 is 5.99. The van der Waals surface area contributed by atoms with Crippen molar-refractivity contribution in [2.45, 2.75) is 13.0 Å². The molecule has 1 amide bonds. The number of pyridine rings is 1. The van der Waals surface area contributed by atoms with E-state index in [0.717, 1.165) is 0 Å². The fraction of sp³-hybridized carbons (Fsp3) is 0.462. The molecule has 1 aromatic heterocycles. The molecule has 1 aliphatic heterocycles. The zero-order valence-corrected chi connectivity index (χ0v) is 12.2. The van der Waals surface area contributed by atoms with E-state index in [-0.39, 0.29) is 35.5 Å². The van der Waals surface area contributed by atoms with E-state index < -0.39 is 12.1 Å². The van der Waals surface area contributed by atoms with Crippen molar-refractivity contribution in [1.29, 1.82) is 0 Å². The van der Waals surface area contributed by atoms with Crippen molar-refractivity contribution in [3.05, 3.63) is 22.8 Å². The average molecular weight is 315 g/mol. The molecule has 21 heavy (non-hydrogen) atoms. The highest BCUT2D eigenvalue weighted by Gasteiger charge is 2.29. The Morgan fingerprint density at radius 3 is 3.00 bits per heavy atom. The summed E-state index contributed by atoms with van der Waals surface area (Å²) in [5.74, 6) is -1.15. The molecule has 1 atom stereocenters. The molecule has 1 aromatic rings. The van der Waals surface area contributed by atoms with Crippen LogP contribution in [0.15, 0.2) is 12.3 Å². The molecule has 0 aliphatic carbocycles. The lowest BCUT2D eigenvalue weighted by atomic mass is 10.2. The van der Waals surface area contributed by atoms with Gasteiger partial charge < -0.3 is 19.5 Å². The fourth-order valence-electron chi connectivity index (χ4n) is 1.95. The molecular weight excluding hydrogens is 300 g/mol. The standard InChI is InChI=1S/C13H15ClN2O5/c1-2-20-11-9(14)5-8(6-15-11)12(17)16-3-4-21-10(7-16)13(18)19/h5-6,10H,2-4,7H2,1H3,(H,18,19). The third kappa shape index (κ3) is 3.62. The van der Waals surface area contributed by atoms with Gasteiger partial charge in [0.25, 0.3) is 5.91 Å². The van der Waals surface area contributed by atoms with Gasteiger partial charge in [-0.15, -0.1) is 0 Å². The predicted molar refractivity (Wildman–Crippen MR) is 73.7 cm³/mol. The molecule has 7 nitrogen and oxygen atoms in total. The highest BCUT2D eigenvalue weighted by atomic mass is 35.5. The number of halogens is 1. The predicted octanol–water partition coefficient (Wildman–Crippen LogP) is 1.06. The molecule has 1 unspecified atom stereocenters. The lowest BCUT2D eigenvalue weighted by molar-refractivity contribution is -0.154. The van der Waals surface area contributed by atoms with Crippen molar-refractivity contribution >= 4 is 23.5 Å². The van der Waals surface area contributed by atoms with Crippen LogP contribution in [0.3, 0.4) is 0 Å². The molecule has 0 aromatic carbocycles. The van der Waals surface area contributed by atoms with Gasteiger partial charge in [-0.1, -0.05) is 11.6 Å². The maximum absolute atomic E-state index is 12.3. The number of amides is 1. The first-order valence-corrected chi connectivity index (χ1v) is 6.82. The molecule has 0 radical (unpaired) electrons. The number of nitrogens with zero attached hydrogens (tertiary/aromatic N) is 2. The van der Waals surface area contributed by atoms with Gasteiger partial charge in [-0.25, -0.2) is 9.78 Å². The lowest BCUT2D eigenvalue weighted by Gasteiger charge is -2.30. The summed E-state index contributed by atoms with van der Waals surface area (Å²) in [6.45, 7) is 2.73. The summed E-state index contributed by atoms with van der Waals surface area (Å²) in [6, 6.07) is 1.47. The molecule has 1 saturated heterocycles. The van der Waals surface area contributed by atoms with Crippen molar-refractivity contribution in [2.24, 2.45) is 0 Å². The van der Waals surface area contributed by atoms with E-state index in [1.54, 1.807) is 6.92 Å². The van der Waals surface area contributed by atoms with Gasteiger partial charge >= 0.3 is 5.97 Å². The first-order valence-electron chi connectivity index (χ1n) is 6.45. The summed E-state index contributed by atoms with van der Waals surface area (Å²) in [7, 11) is 0. The van der Waals surface area contributed by atoms with E-state index in [2.05, 4.69) is 4.98 Å². The first kappa shape index (κ1) is 15.5. The average Bonchev–Trinajstić information content (AvgIpc) is 2.49. The summed E-state index contributed by atoms with van der Waals surface area (Å²) in [6.07, 6.45) is 0.360. The minimum absolute atomic E-state index is 0.000995. The van der Waals surface area contributed by atoms with Gasteiger partial charge in [-0.3, -0.25) is 4.79 Å². The number of aromatic nitrogens is 1. The number of aliphatic carboxylic acids is 1. The van der Waals surface area contributed by atoms with Crippen LogP contribution in [0.25, 0.3) is 0 Å². The van der Waals surface area contributed by atoms with E-state index in [1.807, 2.05) is 0 Å². The first-order chi connectivity index (χ1) is 10.0. The summed E-state index contributed by atoms with van der Waals surface area (Å²) in [5.41, 5.74) is 0.287. The summed E-state index contributed by atoms with van der Waals surface area (Å²) in [5, 5.41) is 9.18. The third-order valence-corrected chi connectivity index (χ3v) is 3.24.